The van der Waals surface area contributed by atoms with Crippen LogP contribution < -0.4 is 14.8 Å². The van der Waals surface area contributed by atoms with Crippen molar-refractivity contribution in [3.8, 4) is 11.5 Å². The molecule has 6 nitrogen and oxygen atoms in total. The molecule has 0 spiro atoms. The average Bonchev–Trinajstić information content (AvgIpc) is 2.82. The molecule has 1 fully saturated rings. The highest BCUT2D eigenvalue weighted by Gasteiger charge is 2.13. The second kappa shape index (κ2) is 12.9. The molecule has 0 aromatic heterocycles. The molecule has 172 valence electrons. The van der Waals surface area contributed by atoms with Gasteiger partial charge in [0.1, 0.15) is 0 Å². The topological polar surface area (TPSA) is 60.0 Å². The fourth-order valence-electron chi connectivity index (χ4n) is 3.53. The lowest BCUT2D eigenvalue weighted by Gasteiger charge is -2.27. The second-order valence-electron chi connectivity index (χ2n) is 7.70. The summed E-state index contributed by atoms with van der Waals surface area (Å²) in [4.78, 5) is 14.8. The SMILES string of the molecule is CCCOc1ccc(/C=C/C(=O)NCc2ccccc2CN2CCOCC2)cc1OCC. The van der Waals surface area contributed by atoms with Gasteiger partial charge in [0.15, 0.2) is 11.5 Å². The summed E-state index contributed by atoms with van der Waals surface area (Å²) in [5, 5.41) is 3.00. The first kappa shape index (κ1) is 23.8. The van der Waals surface area contributed by atoms with Crippen molar-refractivity contribution < 1.29 is 19.0 Å². The summed E-state index contributed by atoms with van der Waals surface area (Å²) < 4.78 is 16.9. The Morgan fingerprint density at radius 3 is 2.59 bits per heavy atom. The van der Waals surface area contributed by atoms with E-state index < -0.39 is 0 Å². The van der Waals surface area contributed by atoms with Gasteiger partial charge in [-0.15, -0.1) is 0 Å². The van der Waals surface area contributed by atoms with E-state index in [2.05, 4.69) is 29.3 Å². The monoisotopic (exact) mass is 438 g/mol. The summed E-state index contributed by atoms with van der Waals surface area (Å²) >= 11 is 0. The maximum atomic E-state index is 12.4. The highest BCUT2D eigenvalue weighted by Crippen LogP contribution is 2.29. The van der Waals surface area contributed by atoms with Crippen LogP contribution in [0.2, 0.25) is 0 Å². The molecular weight excluding hydrogens is 404 g/mol. The Labute approximate surface area is 191 Å². The van der Waals surface area contributed by atoms with Gasteiger partial charge in [-0.3, -0.25) is 9.69 Å². The summed E-state index contributed by atoms with van der Waals surface area (Å²) in [7, 11) is 0. The maximum absolute atomic E-state index is 12.4. The predicted molar refractivity (Wildman–Crippen MR) is 127 cm³/mol. The molecular formula is C26H34N2O4. The van der Waals surface area contributed by atoms with Crippen LogP contribution in [0, 0.1) is 0 Å². The van der Waals surface area contributed by atoms with Crippen molar-refractivity contribution >= 4 is 12.0 Å². The van der Waals surface area contributed by atoms with Crippen LogP contribution in [0.1, 0.15) is 37.0 Å². The number of hydrogen-bond acceptors (Lipinski definition) is 5. The van der Waals surface area contributed by atoms with Crippen LogP contribution in [0.5, 0.6) is 11.5 Å². The number of nitrogens with one attached hydrogen (secondary N) is 1. The molecule has 1 aliphatic heterocycles. The van der Waals surface area contributed by atoms with Gasteiger partial charge in [0.25, 0.3) is 0 Å². The van der Waals surface area contributed by atoms with E-state index in [0.717, 1.165) is 56.1 Å². The largest absolute Gasteiger partial charge is 0.490 e. The van der Waals surface area contributed by atoms with Gasteiger partial charge in [0.05, 0.1) is 26.4 Å². The van der Waals surface area contributed by atoms with E-state index in [0.29, 0.717) is 25.5 Å². The Hall–Kier alpha value is -2.83. The lowest BCUT2D eigenvalue weighted by Crippen LogP contribution is -2.36. The molecule has 0 radical (unpaired) electrons. The Morgan fingerprint density at radius 2 is 1.84 bits per heavy atom. The number of nitrogens with zero attached hydrogens (tertiary/aromatic N) is 1. The average molecular weight is 439 g/mol. The number of hydrogen-bond donors (Lipinski definition) is 1. The van der Waals surface area contributed by atoms with E-state index >= 15 is 0 Å². The maximum Gasteiger partial charge on any atom is 0.244 e. The van der Waals surface area contributed by atoms with Crippen molar-refractivity contribution in [3.05, 3.63) is 65.2 Å². The molecule has 32 heavy (non-hydrogen) atoms. The first-order chi connectivity index (χ1) is 15.7. The Morgan fingerprint density at radius 1 is 1.06 bits per heavy atom. The van der Waals surface area contributed by atoms with Crippen LogP contribution >= 0.6 is 0 Å². The quantitative estimate of drug-likeness (QED) is 0.537. The number of morpholine rings is 1. The number of benzene rings is 2. The Kier molecular flexibility index (Phi) is 9.60. The lowest BCUT2D eigenvalue weighted by molar-refractivity contribution is -0.116. The first-order valence-corrected chi connectivity index (χ1v) is 11.4. The molecule has 2 aromatic rings. The predicted octanol–water partition coefficient (Wildman–Crippen LogP) is 4.04. The summed E-state index contributed by atoms with van der Waals surface area (Å²) in [6.07, 6.45) is 4.28. The smallest absolute Gasteiger partial charge is 0.244 e. The summed E-state index contributed by atoms with van der Waals surface area (Å²) in [6, 6.07) is 14.0. The first-order valence-electron chi connectivity index (χ1n) is 11.4. The zero-order valence-corrected chi connectivity index (χ0v) is 19.1. The van der Waals surface area contributed by atoms with Gasteiger partial charge in [0.2, 0.25) is 5.91 Å². The van der Waals surface area contributed by atoms with Crippen molar-refractivity contribution in [1.29, 1.82) is 0 Å². The highest BCUT2D eigenvalue weighted by molar-refractivity contribution is 5.91. The van der Waals surface area contributed by atoms with Gasteiger partial charge in [-0.25, -0.2) is 0 Å². The minimum atomic E-state index is -0.129. The molecule has 0 saturated carbocycles. The standard InChI is InChI=1S/C26H34N2O4/c1-3-15-32-24-11-9-21(18-25(24)31-4-2)10-12-26(29)27-19-22-7-5-6-8-23(22)20-28-13-16-30-17-14-28/h5-12,18H,3-4,13-17,19-20H2,1-2H3,(H,27,29)/b12-10+. The fourth-order valence-corrected chi connectivity index (χ4v) is 3.53. The third kappa shape index (κ3) is 7.39. The minimum Gasteiger partial charge on any atom is -0.490 e. The van der Waals surface area contributed by atoms with E-state index in [-0.39, 0.29) is 5.91 Å². The molecule has 3 rings (SSSR count). The van der Waals surface area contributed by atoms with Crippen molar-refractivity contribution in [2.24, 2.45) is 0 Å². The number of carbonyl (C=O) groups excluding carboxylic acids is 1. The molecule has 1 N–H and O–H groups in total. The van der Waals surface area contributed by atoms with Crippen molar-refractivity contribution in [1.82, 2.24) is 10.2 Å². The number of rotatable bonds is 11. The third-order valence-corrected chi connectivity index (χ3v) is 5.23. The van der Waals surface area contributed by atoms with E-state index in [1.165, 1.54) is 5.56 Å². The fraction of sp³-hybridized carbons (Fsp3) is 0.423. The van der Waals surface area contributed by atoms with Gasteiger partial charge in [-0.05, 0) is 48.2 Å². The third-order valence-electron chi connectivity index (χ3n) is 5.23. The van der Waals surface area contributed by atoms with E-state index in [9.17, 15) is 4.79 Å². The molecule has 0 unspecified atom stereocenters. The zero-order chi connectivity index (χ0) is 22.6. The van der Waals surface area contributed by atoms with Crippen LogP contribution in [-0.2, 0) is 22.6 Å². The highest BCUT2D eigenvalue weighted by atomic mass is 16.5. The second-order valence-corrected chi connectivity index (χ2v) is 7.70. The molecule has 1 saturated heterocycles. The number of amides is 1. The number of carbonyl (C=O) groups is 1. The van der Waals surface area contributed by atoms with E-state index in [1.807, 2.05) is 37.3 Å². The zero-order valence-electron chi connectivity index (χ0n) is 19.1. The molecule has 2 aromatic carbocycles. The van der Waals surface area contributed by atoms with Crippen LogP contribution in [0.25, 0.3) is 6.08 Å². The molecule has 1 amide bonds. The molecule has 0 atom stereocenters. The van der Waals surface area contributed by atoms with Crippen molar-refractivity contribution in [2.75, 3.05) is 39.5 Å². The molecule has 1 aliphatic rings. The van der Waals surface area contributed by atoms with Crippen LogP contribution in [0.4, 0.5) is 0 Å². The van der Waals surface area contributed by atoms with Gasteiger partial charge in [-0.1, -0.05) is 37.3 Å². The van der Waals surface area contributed by atoms with Crippen molar-refractivity contribution in [3.63, 3.8) is 0 Å². The normalized spacial score (nSPS) is 14.4. The van der Waals surface area contributed by atoms with Gasteiger partial charge in [-0.2, -0.15) is 0 Å². The summed E-state index contributed by atoms with van der Waals surface area (Å²) in [5.74, 6) is 1.29. The van der Waals surface area contributed by atoms with Gasteiger partial charge in [0, 0.05) is 32.3 Å². The molecule has 0 aliphatic carbocycles. The van der Waals surface area contributed by atoms with Gasteiger partial charge < -0.3 is 19.5 Å². The molecule has 1 heterocycles. The lowest BCUT2D eigenvalue weighted by atomic mass is 10.1. The minimum absolute atomic E-state index is 0.129. The Bertz CT molecular complexity index is 891. The Balaban J connectivity index is 1.57. The van der Waals surface area contributed by atoms with Gasteiger partial charge >= 0.3 is 0 Å². The summed E-state index contributed by atoms with van der Waals surface area (Å²) in [5.41, 5.74) is 3.26. The van der Waals surface area contributed by atoms with Crippen LogP contribution in [0.15, 0.2) is 48.5 Å². The van der Waals surface area contributed by atoms with E-state index in [4.69, 9.17) is 14.2 Å². The summed E-state index contributed by atoms with van der Waals surface area (Å²) in [6.45, 7) is 10.0. The molecule has 0 bridgehead atoms. The van der Waals surface area contributed by atoms with Crippen LogP contribution in [0.3, 0.4) is 0 Å². The molecule has 6 heteroatoms. The number of ether oxygens (including phenoxy) is 3. The van der Waals surface area contributed by atoms with E-state index in [1.54, 1.807) is 12.2 Å². The van der Waals surface area contributed by atoms with Crippen LogP contribution in [-0.4, -0.2) is 50.3 Å². The van der Waals surface area contributed by atoms with Crippen molar-refractivity contribution in [2.45, 2.75) is 33.4 Å².